The van der Waals surface area contributed by atoms with E-state index < -0.39 is 15.7 Å². The first kappa shape index (κ1) is 22.4. The number of rotatable bonds is 9. The molecule has 0 spiro atoms. The van der Waals surface area contributed by atoms with Crippen LogP contribution >= 0.6 is 0 Å². The van der Waals surface area contributed by atoms with Gasteiger partial charge in [-0.15, -0.1) is 6.58 Å². The molecular formula is C23H24FN3O3S. The van der Waals surface area contributed by atoms with Crippen LogP contribution in [0, 0.1) is 5.82 Å². The zero-order valence-corrected chi connectivity index (χ0v) is 18.1. The van der Waals surface area contributed by atoms with Gasteiger partial charge in [0.1, 0.15) is 5.82 Å². The van der Waals surface area contributed by atoms with Crippen LogP contribution in [0.25, 0.3) is 0 Å². The number of nitrogens with zero attached hydrogens (tertiary/aromatic N) is 3. The predicted molar refractivity (Wildman–Crippen MR) is 117 cm³/mol. The molecule has 2 aromatic carbocycles. The van der Waals surface area contributed by atoms with Crippen molar-refractivity contribution in [3.05, 3.63) is 96.1 Å². The second-order valence-electron chi connectivity index (χ2n) is 7.01. The van der Waals surface area contributed by atoms with Crippen molar-refractivity contribution in [1.29, 1.82) is 0 Å². The Bertz CT molecular complexity index is 1170. The molecule has 1 amide bonds. The summed E-state index contributed by atoms with van der Waals surface area (Å²) in [4.78, 5) is 18.5. The summed E-state index contributed by atoms with van der Waals surface area (Å²) in [5.41, 5.74) is 1.44. The van der Waals surface area contributed by atoms with E-state index in [0.717, 1.165) is 0 Å². The molecule has 162 valence electrons. The lowest BCUT2D eigenvalue weighted by atomic mass is 10.2. The summed E-state index contributed by atoms with van der Waals surface area (Å²) in [5.74, 6) is -1.02. The van der Waals surface area contributed by atoms with Gasteiger partial charge in [0, 0.05) is 18.7 Å². The molecule has 0 aliphatic carbocycles. The minimum atomic E-state index is -3.71. The number of carbonyl (C=O) groups is 1. The summed E-state index contributed by atoms with van der Waals surface area (Å²) >= 11 is 0. The van der Waals surface area contributed by atoms with Gasteiger partial charge >= 0.3 is 0 Å². The fraction of sp³-hybridized carbons (Fsp3) is 0.217. The predicted octanol–water partition coefficient (Wildman–Crippen LogP) is 3.84. The molecule has 31 heavy (non-hydrogen) atoms. The maximum absolute atomic E-state index is 13.5. The Morgan fingerprint density at radius 1 is 1.19 bits per heavy atom. The molecule has 0 atom stereocenters. The highest BCUT2D eigenvalue weighted by Crippen LogP contribution is 2.20. The molecule has 0 aliphatic heterocycles. The van der Waals surface area contributed by atoms with E-state index in [9.17, 15) is 17.6 Å². The second kappa shape index (κ2) is 9.70. The lowest BCUT2D eigenvalue weighted by molar-refractivity contribution is 0.0748. The molecule has 1 aromatic heterocycles. The SMILES string of the molecule is C=CCn1c(CN(CC)C(=O)c2cccc(F)c2)cnc1S(=O)(=O)Cc1ccccc1. The first-order valence-corrected chi connectivity index (χ1v) is 11.5. The zero-order valence-electron chi connectivity index (χ0n) is 17.2. The largest absolute Gasteiger partial charge is 0.333 e. The third-order valence-corrected chi connectivity index (χ3v) is 6.38. The minimum absolute atomic E-state index is 0.0690. The normalized spacial score (nSPS) is 11.3. The average Bonchev–Trinajstić information content (AvgIpc) is 3.15. The first-order chi connectivity index (χ1) is 14.9. The van der Waals surface area contributed by atoms with E-state index in [1.807, 2.05) is 6.07 Å². The number of imidazole rings is 1. The van der Waals surface area contributed by atoms with Crippen molar-refractivity contribution >= 4 is 15.7 Å². The van der Waals surface area contributed by atoms with Crippen LogP contribution in [0.2, 0.25) is 0 Å². The Hall–Kier alpha value is -3.26. The number of sulfone groups is 1. The van der Waals surface area contributed by atoms with Crippen molar-refractivity contribution in [3.8, 4) is 0 Å². The quantitative estimate of drug-likeness (QED) is 0.473. The lowest BCUT2D eigenvalue weighted by Gasteiger charge is -2.22. The van der Waals surface area contributed by atoms with Crippen molar-refractivity contribution in [3.63, 3.8) is 0 Å². The molecule has 8 heteroatoms. The Labute approximate surface area is 181 Å². The summed E-state index contributed by atoms with van der Waals surface area (Å²) in [7, 11) is -3.71. The molecule has 0 fully saturated rings. The molecule has 6 nitrogen and oxygen atoms in total. The summed E-state index contributed by atoms with van der Waals surface area (Å²) in [6.45, 7) is 6.23. The van der Waals surface area contributed by atoms with Crippen LogP contribution in [0.1, 0.15) is 28.5 Å². The molecule has 1 heterocycles. The highest BCUT2D eigenvalue weighted by atomic mass is 32.2. The molecule has 0 saturated carbocycles. The van der Waals surface area contributed by atoms with E-state index in [2.05, 4.69) is 11.6 Å². The molecule has 0 bridgehead atoms. The average molecular weight is 442 g/mol. The number of halogens is 1. The summed E-state index contributed by atoms with van der Waals surface area (Å²) in [5, 5.41) is -0.0690. The van der Waals surface area contributed by atoms with E-state index in [1.54, 1.807) is 47.9 Å². The Kier molecular flexibility index (Phi) is 7.02. The second-order valence-corrected chi connectivity index (χ2v) is 8.89. The molecular weight excluding hydrogens is 417 g/mol. The molecule has 0 aliphatic rings. The molecule has 0 radical (unpaired) electrons. The van der Waals surface area contributed by atoms with Gasteiger partial charge in [-0.1, -0.05) is 42.5 Å². The fourth-order valence-corrected chi connectivity index (χ4v) is 4.78. The molecule has 3 rings (SSSR count). The highest BCUT2D eigenvalue weighted by Gasteiger charge is 2.25. The molecule has 0 saturated heterocycles. The van der Waals surface area contributed by atoms with E-state index in [1.165, 1.54) is 29.3 Å². The summed E-state index contributed by atoms with van der Waals surface area (Å²) in [6, 6.07) is 14.4. The van der Waals surface area contributed by atoms with Crippen molar-refractivity contribution < 1.29 is 17.6 Å². The number of amides is 1. The number of benzene rings is 2. The minimum Gasteiger partial charge on any atom is -0.333 e. The van der Waals surface area contributed by atoms with Gasteiger partial charge < -0.3 is 9.47 Å². The van der Waals surface area contributed by atoms with Crippen LogP contribution < -0.4 is 0 Å². The standard InChI is InChI=1S/C23H24FN3O3S/c1-3-13-27-21(16-26(4-2)22(28)19-11-8-12-20(24)14-19)15-25-23(27)31(29,30)17-18-9-6-5-7-10-18/h3,5-12,14-15H,1,4,13,16-17H2,2H3. The van der Waals surface area contributed by atoms with Gasteiger partial charge in [-0.05, 0) is 30.7 Å². The van der Waals surface area contributed by atoms with Crippen LogP contribution in [0.3, 0.4) is 0 Å². The number of hydrogen-bond acceptors (Lipinski definition) is 4. The summed E-state index contributed by atoms with van der Waals surface area (Å²) in [6.07, 6.45) is 3.04. The van der Waals surface area contributed by atoms with Crippen molar-refractivity contribution in [2.75, 3.05) is 6.54 Å². The van der Waals surface area contributed by atoms with E-state index in [-0.39, 0.29) is 35.5 Å². The Morgan fingerprint density at radius 2 is 1.94 bits per heavy atom. The first-order valence-electron chi connectivity index (χ1n) is 9.82. The number of hydrogen-bond donors (Lipinski definition) is 0. The van der Waals surface area contributed by atoms with E-state index in [0.29, 0.717) is 17.8 Å². The van der Waals surface area contributed by atoms with Gasteiger partial charge in [-0.2, -0.15) is 0 Å². The van der Waals surface area contributed by atoms with Gasteiger partial charge in [0.2, 0.25) is 15.0 Å². The van der Waals surface area contributed by atoms with Gasteiger partial charge in [-0.3, -0.25) is 4.79 Å². The monoisotopic (exact) mass is 441 g/mol. The van der Waals surface area contributed by atoms with Crippen molar-refractivity contribution in [2.24, 2.45) is 0 Å². The summed E-state index contributed by atoms with van der Waals surface area (Å²) < 4.78 is 41.1. The van der Waals surface area contributed by atoms with Crippen molar-refractivity contribution in [1.82, 2.24) is 14.5 Å². The third kappa shape index (κ3) is 5.27. The van der Waals surface area contributed by atoms with Gasteiger partial charge in [0.25, 0.3) is 5.91 Å². The number of carbonyl (C=O) groups excluding carboxylic acids is 1. The van der Waals surface area contributed by atoms with Gasteiger partial charge in [-0.25, -0.2) is 17.8 Å². The molecule has 0 N–H and O–H groups in total. The molecule has 0 unspecified atom stereocenters. The Balaban J connectivity index is 1.90. The van der Waals surface area contributed by atoms with Crippen LogP contribution in [0.5, 0.6) is 0 Å². The van der Waals surface area contributed by atoms with E-state index >= 15 is 0 Å². The molecule has 3 aromatic rings. The fourth-order valence-electron chi connectivity index (χ4n) is 3.28. The zero-order chi connectivity index (χ0) is 22.4. The van der Waals surface area contributed by atoms with Crippen LogP contribution in [0.15, 0.2) is 78.6 Å². The highest BCUT2D eigenvalue weighted by molar-refractivity contribution is 7.90. The number of aromatic nitrogens is 2. The van der Waals surface area contributed by atoms with Crippen LogP contribution in [-0.2, 0) is 28.7 Å². The van der Waals surface area contributed by atoms with Crippen molar-refractivity contribution in [2.45, 2.75) is 30.9 Å². The smallest absolute Gasteiger partial charge is 0.254 e. The van der Waals surface area contributed by atoms with Gasteiger partial charge in [0.15, 0.2) is 0 Å². The third-order valence-electron chi connectivity index (χ3n) is 4.78. The van der Waals surface area contributed by atoms with E-state index in [4.69, 9.17) is 0 Å². The maximum atomic E-state index is 13.5. The Morgan fingerprint density at radius 3 is 2.58 bits per heavy atom. The topological polar surface area (TPSA) is 72.3 Å². The van der Waals surface area contributed by atoms with Crippen LogP contribution in [-0.4, -0.2) is 35.3 Å². The van der Waals surface area contributed by atoms with Crippen LogP contribution in [0.4, 0.5) is 4.39 Å². The number of allylic oxidation sites excluding steroid dienone is 1. The maximum Gasteiger partial charge on any atom is 0.254 e. The lowest BCUT2D eigenvalue weighted by Crippen LogP contribution is -2.31. The van der Waals surface area contributed by atoms with Gasteiger partial charge in [0.05, 0.1) is 24.2 Å².